The Morgan fingerprint density at radius 1 is 1.50 bits per heavy atom. The maximum atomic E-state index is 12.7. The summed E-state index contributed by atoms with van der Waals surface area (Å²) in [7, 11) is -3.93. The molecule has 0 aliphatic heterocycles. The molecule has 1 aromatic rings. The summed E-state index contributed by atoms with van der Waals surface area (Å²) in [5.74, 6) is 1.37. The maximum Gasteiger partial charge on any atom is 0.297 e. The topological polar surface area (TPSA) is 43.4 Å². The van der Waals surface area contributed by atoms with E-state index in [1.54, 1.807) is 0 Å². The zero-order chi connectivity index (χ0) is 10.6. The Morgan fingerprint density at radius 3 is 2.79 bits per heavy atom. The summed E-state index contributed by atoms with van der Waals surface area (Å²) >= 11 is 0. The molecule has 0 atom stereocenters. The predicted octanol–water partition coefficient (Wildman–Crippen LogP) is 1.16. The molecule has 0 aliphatic carbocycles. The van der Waals surface area contributed by atoms with Crippen molar-refractivity contribution in [3.63, 3.8) is 0 Å². The van der Waals surface area contributed by atoms with Crippen LogP contribution in [0.3, 0.4) is 0 Å². The zero-order valence-corrected chi connectivity index (χ0v) is 7.92. The number of rotatable bonds is 3. The Balaban J connectivity index is 3.00. The molecule has 5 heteroatoms. The first kappa shape index (κ1) is 10.7. The predicted molar refractivity (Wildman–Crippen MR) is 48.4 cm³/mol. The van der Waals surface area contributed by atoms with E-state index in [-0.39, 0.29) is 11.5 Å². The lowest BCUT2D eigenvalue weighted by molar-refractivity contribution is 0.363. The Morgan fingerprint density at radius 2 is 2.21 bits per heavy atom. The van der Waals surface area contributed by atoms with Gasteiger partial charge in [0.25, 0.3) is 10.1 Å². The molecule has 0 unspecified atom stereocenters. The molecule has 14 heavy (non-hydrogen) atoms. The minimum atomic E-state index is -3.93. The lowest BCUT2D eigenvalue weighted by Gasteiger charge is -2.01. The van der Waals surface area contributed by atoms with Crippen molar-refractivity contribution in [3.05, 3.63) is 30.1 Å². The molecule has 0 fully saturated rings. The third kappa shape index (κ3) is 2.55. The second-order valence-corrected chi connectivity index (χ2v) is 3.99. The summed E-state index contributed by atoms with van der Waals surface area (Å²) < 4.78 is 39.6. The van der Waals surface area contributed by atoms with E-state index in [4.69, 9.17) is 6.42 Å². The first-order chi connectivity index (χ1) is 6.56. The van der Waals surface area contributed by atoms with Gasteiger partial charge in [-0.15, -0.1) is 6.42 Å². The van der Waals surface area contributed by atoms with E-state index in [1.165, 1.54) is 12.1 Å². The summed E-state index contributed by atoms with van der Waals surface area (Å²) in [4.78, 5) is -0.243. The molecule has 74 valence electrons. The van der Waals surface area contributed by atoms with Gasteiger partial charge in [-0.05, 0) is 18.2 Å². The average Bonchev–Trinajstić information content (AvgIpc) is 2.15. The van der Waals surface area contributed by atoms with Crippen LogP contribution in [0.5, 0.6) is 0 Å². The van der Waals surface area contributed by atoms with E-state index in [0.29, 0.717) is 0 Å². The molecule has 1 rings (SSSR count). The molecule has 0 radical (unpaired) electrons. The highest BCUT2D eigenvalue weighted by atomic mass is 32.2. The van der Waals surface area contributed by atoms with Gasteiger partial charge in [0.15, 0.2) is 0 Å². The molecule has 0 amide bonds. The number of hydrogen-bond acceptors (Lipinski definition) is 3. The minimum Gasteiger partial charge on any atom is -0.253 e. The molecule has 1 aromatic carbocycles. The molecule has 0 N–H and O–H groups in total. The van der Waals surface area contributed by atoms with Crippen LogP contribution in [-0.2, 0) is 14.3 Å². The quantitative estimate of drug-likeness (QED) is 0.560. The highest BCUT2D eigenvalue weighted by Gasteiger charge is 2.14. The van der Waals surface area contributed by atoms with Crippen molar-refractivity contribution in [1.82, 2.24) is 0 Å². The molecular weight excluding hydrogens is 207 g/mol. The molecule has 0 aromatic heterocycles. The average molecular weight is 214 g/mol. The fraction of sp³-hybridized carbons (Fsp3) is 0.111. The monoisotopic (exact) mass is 214 g/mol. The van der Waals surface area contributed by atoms with Crippen LogP contribution in [-0.4, -0.2) is 15.0 Å². The van der Waals surface area contributed by atoms with Gasteiger partial charge in [0.2, 0.25) is 0 Å². The second-order valence-electron chi connectivity index (χ2n) is 2.38. The molecule has 3 nitrogen and oxygen atoms in total. The molecule has 0 saturated heterocycles. The highest BCUT2D eigenvalue weighted by molar-refractivity contribution is 7.86. The van der Waals surface area contributed by atoms with Gasteiger partial charge in [-0.25, -0.2) is 4.39 Å². The number of halogens is 1. The van der Waals surface area contributed by atoms with Gasteiger partial charge in [0.1, 0.15) is 12.4 Å². The van der Waals surface area contributed by atoms with Crippen molar-refractivity contribution < 1.29 is 17.0 Å². The van der Waals surface area contributed by atoms with Crippen LogP contribution in [0.4, 0.5) is 4.39 Å². The normalized spacial score (nSPS) is 10.9. The van der Waals surface area contributed by atoms with E-state index >= 15 is 0 Å². The molecular formula is C9H7FO3S. The van der Waals surface area contributed by atoms with Crippen LogP contribution in [0.15, 0.2) is 29.2 Å². The van der Waals surface area contributed by atoms with Crippen molar-refractivity contribution in [2.24, 2.45) is 0 Å². The molecule has 0 spiro atoms. The summed E-state index contributed by atoms with van der Waals surface area (Å²) in [5, 5.41) is 0. The van der Waals surface area contributed by atoms with Crippen molar-refractivity contribution >= 4 is 10.1 Å². The van der Waals surface area contributed by atoms with Crippen LogP contribution in [0.1, 0.15) is 0 Å². The van der Waals surface area contributed by atoms with E-state index in [1.807, 2.05) is 5.92 Å². The van der Waals surface area contributed by atoms with Gasteiger partial charge in [-0.3, -0.25) is 4.18 Å². The Bertz CT molecular complexity index is 459. The highest BCUT2D eigenvalue weighted by Crippen LogP contribution is 2.12. The van der Waals surface area contributed by atoms with Crippen molar-refractivity contribution in [3.8, 4) is 12.3 Å². The van der Waals surface area contributed by atoms with Crippen LogP contribution in [0.2, 0.25) is 0 Å². The lowest BCUT2D eigenvalue weighted by atomic mass is 10.4. The molecule has 0 heterocycles. The number of benzene rings is 1. The first-order valence-electron chi connectivity index (χ1n) is 3.65. The first-order valence-corrected chi connectivity index (χ1v) is 5.05. The largest absolute Gasteiger partial charge is 0.297 e. The van der Waals surface area contributed by atoms with Gasteiger partial charge >= 0.3 is 0 Å². The number of hydrogen-bond donors (Lipinski definition) is 0. The Labute approximate surface area is 81.6 Å². The minimum absolute atomic E-state index is 0.243. The van der Waals surface area contributed by atoms with Gasteiger partial charge in [-0.1, -0.05) is 12.0 Å². The maximum absolute atomic E-state index is 12.7. The van der Waals surface area contributed by atoms with Gasteiger partial charge in [0, 0.05) is 0 Å². The fourth-order valence-electron chi connectivity index (χ4n) is 0.802. The molecule has 0 saturated carbocycles. The van der Waals surface area contributed by atoms with E-state index in [2.05, 4.69) is 4.18 Å². The van der Waals surface area contributed by atoms with Crippen LogP contribution in [0, 0.1) is 18.2 Å². The molecule has 0 aliphatic rings. The SMILES string of the molecule is C#CCOS(=O)(=O)c1cccc(F)c1. The van der Waals surface area contributed by atoms with E-state index < -0.39 is 15.9 Å². The summed E-state index contributed by atoms with van der Waals surface area (Å²) in [6, 6.07) is 4.52. The fourth-order valence-corrected chi connectivity index (χ4v) is 1.66. The summed E-state index contributed by atoms with van der Waals surface area (Å²) in [6.07, 6.45) is 4.83. The zero-order valence-electron chi connectivity index (χ0n) is 7.10. The molecule has 0 bridgehead atoms. The standard InChI is InChI=1S/C9H7FO3S/c1-2-6-13-14(11,12)9-5-3-4-8(10)7-9/h1,3-5,7H,6H2. The third-order valence-corrected chi connectivity index (χ3v) is 2.64. The Kier molecular flexibility index (Phi) is 3.23. The summed E-state index contributed by atoms with van der Waals surface area (Å²) in [6.45, 7) is -0.362. The third-order valence-electron chi connectivity index (χ3n) is 1.38. The van der Waals surface area contributed by atoms with Crippen LogP contribution < -0.4 is 0 Å². The smallest absolute Gasteiger partial charge is 0.253 e. The van der Waals surface area contributed by atoms with E-state index in [9.17, 15) is 12.8 Å². The van der Waals surface area contributed by atoms with Gasteiger partial charge in [0.05, 0.1) is 4.90 Å². The van der Waals surface area contributed by atoms with Crippen LogP contribution in [0.25, 0.3) is 0 Å². The summed E-state index contributed by atoms with van der Waals surface area (Å²) in [5.41, 5.74) is 0. The van der Waals surface area contributed by atoms with Gasteiger partial charge < -0.3 is 0 Å². The van der Waals surface area contributed by atoms with Crippen molar-refractivity contribution in [1.29, 1.82) is 0 Å². The van der Waals surface area contributed by atoms with Crippen LogP contribution >= 0.6 is 0 Å². The second kappa shape index (κ2) is 4.22. The van der Waals surface area contributed by atoms with Crippen molar-refractivity contribution in [2.45, 2.75) is 4.90 Å². The van der Waals surface area contributed by atoms with Gasteiger partial charge in [-0.2, -0.15) is 8.42 Å². The van der Waals surface area contributed by atoms with Crippen molar-refractivity contribution in [2.75, 3.05) is 6.61 Å². The van der Waals surface area contributed by atoms with E-state index in [0.717, 1.165) is 12.1 Å². The number of terminal acetylenes is 1. The lowest BCUT2D eigenvalue weighted by Crippen LogP contribution is -2.06. The Hall–Kier alpha value is -1.38.